The van der Waals surface area contributed by atoms with E-state index in [1.807, 2.05) is 0 Å². The first kappa shape index (κ1) is 17.0. The summed E-state index contributed by atoms with van der Waals surface area (Å²) in [6.07, 6.45) is 0.275. The minimum Gasteiger partial charge on any atom is -0.339 e. The summed E-state index contributed by atoms with van der Waals surface area (Å²) in [5.74, 6) is -1.68. The second kappa shape index (κ2) is 7.40. The fraction of sp³-hybridized carbons (Fsp3) is 0.118. The Balaban J connectivity index is 1.57. The first-order valence-electron chi connectivity index (χ1n) is 7.35. The van der Waals surface area contributed by atoms with Crippen LogP contribution in [0, 0.1) is 11.6 Å². The Bertz CT molecular complexity index is 897. The van der Waals surface area contributed by atoms with Gasteiger partial charge < -0.3 is 9.84 Å². The molecule has 0 aliphatic carbocycles. The van der Waals surface area contributed by atoms with E-state index in [2.05, 4.69) is 15.5 Å². The lowest BCUT2D eigenvalue weighted by molar-refractivity contribution is -0.116. The van der Waals surface area contributed by atoms with Gasteiger partial charge in [-0.1, -0.05) is 16.8 Å². The highest BCUT2D eigenvalue weighted by atomic mass is 35.5. The van der Waals surface area contributed by atoms with E-state index in [4.69, 9.17) is 16.1 Å². The summed E-state index contributed by atoms with van der Waals surface area (Å²) in [7, 11) is 0. The molecule has 0 aliphatic rings. The summed E-state index contributed by atoms with van der Waals surface area (Å²) < 4.78 is 31.0. The van der Waals surface area contributed by atoms with Crippen LogP contribution in [0.25, 0.3) is 11.4 Å². The Labute approximate surface area is 146 Å². The summed E-state index contributed by atoms with van der Waals surface area (Å²) in [5.41, 5.74) is 0.918. The molecule has 1 aromatic heterocycles. The van der Waals surface area contributed by atoms with Crippen LogP contribution < -0.4 is 5.32 Å². The quantitative estimate of drug-likeness (QED) is 0.736. The molecule has 0 atom stereocenters. The summed E-state index contributed by atoms with van der Waals surface area (Å²) in [5, 5.41) is 6.92. The number of aryl methyl sites for hydroxylation is 1. The molecule has 0 saturated carbocycles. The van der Waals surface area contributed by atoms with Gasteiger partial charge >= 0.3 is 0 Å². The highest BCUT2D eigenvalue weighted by Gasteiger charge is 2.11. The van der Waals surface area contributed by atoms with Gasteiger partial charge in [0, 0.05) is 35.2 Å². The van der Waals surface area contributed by atoms with Crippen molar-refractivity contribution >= 4 is 23.2 Å². The van der Waals surface area contributed by atoms with Crippen LogP contribution in [0.15, 0.2) is 47.0 Å². The molecule has 1 amide bonds. The molecule has 8 heteroatoms. The van der Waals surface area contributed by atoms with Gasteiger partial charge in [0.2, 0.25) is 17.6 Å². The van der Waals surface area contributed by atoms with E-state index in [0.717, 1.165) is 17.7 Å². The van der Waals surface area contributed by atoms with Gasteiger partial charge in [0.15, 0.2) is 11.6 Å². The van der Waals surface area contributed by atoms with Gasteiger partial charge in [-0.3, -0.25) is 4.79 Å². The van der Waals surface area contributed by atoms with Crippen molar-refractivity contribution in [1.82, 2.24) is 10.1 Å². The van der Waals surface area contributed by atoms with Gasteiger partial charge in [0.1, 0.15) is 0 Å². The Kier molecular flexibility index (Phi) is 5.04. The molecule has 0 saturated heterocycles. The number of nitrogens with one attached hydrogen (secondary N) is 1. The van der Waals surface area contributed by atoms with Crippen molar-refractivity contribution in [2.45, 2.75) is 12.8 Å². The second-order valence-corrected chi connectivity index (χ2v) is 5.63. The minimum absolute atomic E-state index is 0.0568. The molecule has 3 rings (SSSR count). The number of anilines is 1. The zero-order valence-corrected chi connectivity index (χ0v) is 13.6. The maximum Gasteiger partial charge on any atom is 0.227 e. The number of rotatable bonds is 5. The summed E-state index contributed by atoms with van der Waals surface area (Å²) in [6, 6.07) is 10.1. The summed E-state index contributed by atoms with van der Waals surface area (Å²) in [4.78, 5) is 16.1. The van der Waals surface area contributed by atoms with Crippen LogP contribution in [0.4, 0.5) is 14.5 Å². The van der Waals surface area contributed by atoms with Crippen molar-refractivity contribution < 1.29 is 18.1 Å². The standard InChI is InChI=1S/C17H12ClF2N3O2/c18-11-3-1-10(2-4-11)17-22-16(25-23-17)8-7-15(24)21-12-5-6-13(19)14(20)9-12/h1-6,9H,7-8H2,(H,21,24). The average Bonchev–Trinajstić information content (AvgIpc) is 3.06. The Morgan fingerprint density at radius 2 is 1.88 bits per heavy atom. The smallest absolute Gasteiger partial charge is 0.227 e. The third kappa shape index (κ3) is 4.39. The summed E-state index contributed by atoms with van der Waals surface area (Å²) >= 11 is 5.82. The number of benzene rings is 2. The Morgan fingerprint density at radius 3 is 2.60 bits per heavy atom. The van der Waals surface area contributed by atoms with Crippen molar-refractivity contribution in [1.29, 1.82) is 0 Å². The first-order chi connectivity index (χ1) is 12.0. The van der Waals surface area contributed by atoms with Crippen LogP contribution in [0.3, 0.4) is 0 Å². The van der Waals surface area contributed by atoms with E-state index in [0.29, 0.717) is 16.7 Å². The van der Waals surface area contributed by atoms with Crippen LogP contribution >= 0.6 is 11.6 Å². The maximum atomic E-state index is 13.1. The van der Waals surface area contributed by atoms with Gasteiger partial charge in [-0.15, -0.1) is 0 Å². The third-order valence-corrected chi connectivity index (χ3v) is 3.59. The molecule has 0 aliphatic heterocycles. The lowest BCUT2D eigenvalue weighted by Crippen LogP contribution is -2.12. The molecule has 2 aromatic carbocycles. The predicted molar refractivity (Wildman–Crippen MR) is 88.1 cm³/mol. The van der Waals surface area contributed by atoms with E-state index in [9.17, 15) is 13.6 Å². The number of amides is 1. The van der Waals surface area contributed by atoms with Crippen molar-refractivity contribution in [3.05, 3.63) is 65.0 Å². The molecule has 25 heavy (non-hydrogen) atoms. The Hall–Kier alpha value is -2.80. The largest absolute Gasteiger partial charge is 0.339 e. The molecule has 3 aromatic rings. The number of carbonyl (C=O) groups excluding carboxylic acids is 1. The molecular weight excluding hydrogens is 352 g/mol. The molecular formula is C17H12ClF2N3O2. The topological polar surface area (TPSA) is 68.0 Å². The minimum atomic E-state index is -1.03. The van der Waals surface area contributed by atoms with Crippen LogP contribution in [0.1, 0.15) is 12.3 Å². The number of nitrogens with zero attached hydrogens (tertiary/aromatic N) is 2. The molecule has 0 radical (unpaired) electrons. The lowest BCUT2D eigenvalue weighted by atomic mass is 10.2. The van der Waals surface area contributed by atoms with Gasteiger partial charge in [-0.2, -0.15) is 4.98 Å². The van der Waals surface area contributed by atoms with Crippen LogP contribution in [-0.4, -0.2) is 16.0 Å². The van der Waals surface area contributed by atoms with Crippen molar-refractivity contribution in [3.8, 4) is 11.4 Å². The lowest BCUT2D eigenvalue weighted by Gasteiger charge is -2.04. The SMILES string of the molecule is O=C(CCc1nc(-c2ccc(Cl)cc2)no1)Nc1ccc(F)c(F)c1. The number of carbonyl (C=O) groups is 1. The van der Waals surface area contributed by atoms with Crippen LogP contribution in [-0.2, 0) is 11.2 Å². The van der Waals surface area contributed by atoms with E-state index < -0.39 is 11.6 Å². The van der Waals surface area contributed by atoms with E-state index >= 15 is 0 Å². The molecule has 0 spiro atoms. The first-order valence-corrected chi connectivity index (χ1v) is 7.72. The van der Waals surface area contributed by atoms with Crippen LogP contribution in [0.5, 0.6) is 0 Å². The van der Waals surface area contributed by atoms with Gasteiger partial charge in [0.25, 0.3) is 0 Å². The molecule has 128 valence electrons. The normalized spacial score (nSPS) is 10.7. The molecule has 1 heterocycles. The van der Waals surface area contributed by atoms with Gasteiger partial charge in [-0.25, -0.2) is 8.78 Å². The zero-order chi connectivity index (χ0) is 17.8. The number of hydrogen-bond donors (Lipinski definition) is 1. The highest BCUT2D eigenvalue weighted by Crippen LogP contribution is 2.19. The van der Waals surface area contributed by atoms with Crippen molar-refractivity contribution in [3.63, 3.8) is 0 Å². The molecule has 1 N–H and O–H groups in total. The highest BCUT2D eigenvalue weighted by molar-refractivity contribution is 6.30. The molecule has 0 fully saturated rings. The molecule has 0 bridgehead atoms. The number of aromatic nitrogens is 2. The molecule has 5 nitrogen and oxygen atoms in total. The van der Waals surface area contributed by atoms with Gasteiger partial charge in [-0.05, 0) is 36.4 Å². The predicted octanol–water partition coefficient (Wildman–Crippen LogP) is 4.24. The fourth-order valence-electron chi connectivity index (χ4n) is 2.09. The van der Waals surface area contributed by atoms with Crippen molar-refractivity contribution in [2.75, 3.05) is 5.32 Å². The number of hydrogen-bond acceptors (Lipinski definition) is 4. The maximum absolute atomic E-state index is 13.1. The monoisotopic (exact) mass is 363 g/mol. The number of halogens is 3. The second-order valence-electron chi connectivity index (χ2n) is 5.20. The fourth-order valence-corrected chi connectivity index (χ4v) is 2.22. The zero-order valence-electron chi connectivity index (χ0n) is 12.8. The van der Waals surface area contributed by atoms with Crippen LogP contribution in [0.2, 0.25) is 5.02 Å². The Morgan fingerprint density at radius 1 is 1.12 bits per heavy atom. The van der Waals surface area contributed by atoms with E-state index in [1.165, 1.54) is 6.07 Å². The van der Waals surface area contributed by atoms with Gasteiger partial charge in [0.05, 0.1) is 0 Å². The van der Waals surface area contributed by atoms with Crippen molar-refractivity contribution in [2.24, 2.45) is 0 Å². The van der Waals surface area contributed by atoms with E-state index in [1.54, 1.807) is 24.3 Å². The average molecular weight is 364 g/mol. The third-order valence-electron chi connectivity index (χ3n) is 3.34. The molecule has 0 unspecified atom stereocenters. The summed E-state index contributed by atoms with van der Waals surface area (Å²) in [6.45, 7) is 0. The van der Waals surface area contributed by atoms with E-state index in [-0.39, 0.29) is 24.4 Å².